The summed E-state index contributed by atoms with van der Waals surface area (Å²) in [4.78, 5) is 11.1. The van der Waals surface area contributed by atoms with E-state index in [1.54, 1.807) is 7.11 Å². The van der Waals surface area contributed by atoms with Crippen LogP contribution >= 0.6 is 0 Å². The molecule has 1 aliphatic carbocycles. The van der Waals surface area contributed by atoms with Gasteiger partial charge in [0, 0.05) is 19.4 Å². The van der Waals surface area contributed by atoms with E-state index in [1.807, 2.05) is 0 Å². The van der Waals surface area contributed by atoms with E-state index < -0.39 is 0 Å². The fourth-order valence-corrected chi connectivity index (χ4v) is 1.14. The Morgan fingerprint density at radius 3 is 2.70 bits per heavy atom. The monoisotopic (exact) mass is 142 g/mol. The molecular formula is C8H14O2. The van der Waals surface area contributed by atoms with Crippen LogP contribution in [0.15, 0.2) is 0 Å². The molecule has 0 aromatic rings. The van der Waals surface area contributed by atoms with E-state index >= 15 is 0 Å². The zero-order chi connectivity index (χ0) is 7.40. The minimum absolute atomic E-state index is 0.384. The van der Waals surface area contributed by atoms with E-state index in [9.17, 15) is 4.79 Å². The van der Waals surface area contributed by atoms with Crippen LogP contribution in [-0.4, -0.2) is 19.5 Å². The minimum atomic E-state index is 0.384. The lowest BCUT2D eigenvalue weighted by molar-refractivity contribution is -0.126. The number of hydrogen-bond acceptors (Lipinski definition) is 2. The lowest BCUT2D eigenvalue weighted by Gasteiger charge is -2.23. The highest BCUT2D eigenvalue weighted by Gasteiger charge is 2.24. The summed E-state index contributed by atoms with van der Waals surface area (Å²) in [6, 6.07) is 0. The number of carbonyl (C=O) groups excluding carboxylic acids is 1. The summed E-state index contributed by atoms with van der Waals surface area (Å²) in [6.45, 7) is 0.593. The molecule has 1 rings (SSSR count). The second kappa shape index (κ2) is 3.71. The maximum atomic E-state index is 11.1. The van der Waals surface area contributed by atoms with Gasteiger partial charge in [0.05, 0.1) is 6.61 Å². The molecule has 1 saturated carbocycles. The standard InChI is InChI=1S/C8H14O2/c1-10-6-5-8(9)7-3-2-4-7/h7H,2-6H2,1H3. The number of ether oxygens (including phenoxy) is 1. The molecule has 0 heterocycles. The van der Waals surface area contributed by atoms with Gasteiger partial charge in [0.2, 0.25) is 0 Å². The predicted molar refractivity (Wildman–Crippen MR) is 38.8 cm³/mol. The molecule has 0 N–H and O–H groups in total. The number of rotatable bonds is 4. The lowest BCUT2D eigenvalue weighted by Crippen LogP contribution is -2.22. The first-order chi connectivity index (χ1) is 4.84. The molecule has 1 aliphatic rings. The highest BCUT2D eigenvalue weighted by Crippen LogP contribution is 2.27. The first kappa shape index (κ1) is 7.73. The van der Waals surface area contributed by atoms with Crippen molar-refractivity contribution in [2.24, 2.45) is 5.92 Å². The van der Waals surface area contributed by atoms with E-state index in [0.29, 0.717) is 24.7 Å². The summed E-state index contributed by atoms with van der Waals surface area (Å²) in [7, 11) is 1.63. The Balaban J connectivity index is 2.08. The first-order valence-corrected chi connectivity index (χ1v) is 3.86. The molecule has 2 nitrogen and oxygen atoms in total. The van der Waals surface area contributed by atoms with Gasteiger partial charge < -0.3 is 4.74 Å². The molecule has 2 heteroatoms. The zero-order valence-corrected chi connectivity index (χ0v) is 6.43. The Morgan fingerprint density at radius 2 is 2.30 bits per heavy atom. The molecule has 0 aromatic heterocycles. The summed E-state index contributed by atoms with van der Waals surface area (Å²) in [5.41, 5.74) is 0. The van der Waals surface area contributed by atoms with Gasteiger partial charge >= 0.3 is 0 Å². The molecular weight excluding hydrogens is 128 g/mol. The lowest BCUT2D eigenvalue weighted by atomic mass is 9.81. The smallest absolute Gasteiger partial charge is 0.138 e. The molecule has 0 aliphatic heterocycles. The predicted octanol–water partition coefficient (Wildman–Crippen LogP) is 1.39. The van der Waals surface area contributed by atoms with Crippen LogP contribution in [-0.2, 0) is 9.53 Å². The summed E-state index contributed by atoms with van der Waals surface area (Å²) in [6.07, 6.45) is 4.08. The number of Topliss-reactive ketones (excluding diaryl/α,β-unsaturated/α-hetero) is 1. The fourth-order valence-electron chi connectivity index (χ4n) is 1.14. The van der Waals surface area contributed by atoms with Crippen molar-refractivity contribution < 1.29 is 9.53 Å². The second-order valence-electron chi connectivity index (χ2n) is 2.84. The number of carbonyl (C=O) groups is 1. The van der Waals surface area contributed by atoms with Crippen LogP contribution in [0.25, 0.3) is 0 Å². The van der Waals surface area contributed by atoms with Gasteiger partial charge in [0.1, 0.15) is 5.78 Å². The third-order valence-corrected chi connectivity index (χ3v) is 2.11. The molecule has 0 bridgehead atoms. The van der Waals surface area contributed by atoms with Gasteiger partial charge in [-0.25, -0.2) is 0 Å². The third-order valence-electron chi connectivity index (χ3n) is 2.11. The summed E-state index contributed by atoms with van der Waals surface area (Å²) >= 11 is 0. The largest absolute Gasteiger partial charge is 0.384 e. The SMILES string of the molecule is COCCC(=O)C1CCC1. The van der Waals surface area contributed by atoms with Crippen molar-refractivity contribution in [1.29, 1.82) is 0 Å². The Bertz CT molecular complexity index is 116. The molecule has 0 radical (unpaired) electrons. The fraction of sp³-hybridized carbons (Fsp3) is 0.875. The van der Waals surface area contributed by atoms with Crippen LogP contribution in [0.3, 0.4) is 0 Å². The van der Waals surface area contributed by atoms with Crippen LogP contribution in [0, 0.1) is 5.92 Å². The van der Waals surface area contributed by atoms with E-state index in [1.165, 1.54) is 6.42 Å². The molecule has 0 aromatic carbocycles. The van der Waals surface area contributed by atoms with Gasteiger partial charge in [-0.15, -0.1) is 0 Å². The minimum Gasteiger partial charge on any atom is -0.384 e. The molecule has 0 unspecified atom stereocenters. The molecule has 0 spiro atoms. The Morgan fingerprint density at radius 1 is 1.60 bits per heavy atom. The van der Waals surface area contributed by atoms with Crippen molar-refractivity contribution in [1.82, 2.24) is 0 Å². The van der Waals surface area contributed by atoms with Gasteiger partial charge in [-0.3, -0.25) is 4.79 Å². The highest BCUT2D eigenvalue weighted by atomic mass is 16.5. The molecule has 1 fully saturated rings. The molecule has 10 heavy (non-hydrogen) atoms. The van der Waals surface area contributed by atoms with Crippen molar-refractivity contribution >= 4 is 5.78 Å². The first-order valence-electron chi connectivity index (χ1n) is 3.86. The van der Waals surface area contributed by atoms with E-state index in [4.69, 9.17) is 4.74 Å². The summed E-state index contributed by atoms with van der Waals surface area (Å²) in [5.74, 6) is 0.781. The van der Waals surface area contributed by atoms with Crippen molar-refractivity contribution in [3.05, 3.63) is 0 Å². The Labute approximate surface area is 61.6 Å². The molecule has 0 amide bonds. The number of ketones is 1. The zero-order valence-electron chi connectivity index (χ0n) is 6.43. The maximum absolute atomic E-state index is 11.1. The van der Waals surface area contributed by atoms with Crippen molar-refractivity contribution in [2.75, 3.05) is 13.7 Å². The van der Waals surface area contributed by atoms with Crippen LogP contribution in [0.4, 0.5) is 0 Å². The Kier molecular flexibility index (Phi) is 2.87. The van der Waals surface area contributed by atoms with Crippen LogP contribution in [0.1, 0.15) is 25.7 Å². The van der Waals surface area contributed by atoms with Gasteiger partial charge in [-0.2, -0.15) is 0 Å². The third kappa shape index (κ3) is 1.81. The summed E-state index contributed by atoms with van der Waals surface area (Å²) < 4.78 is 4.81. The maximum Gasteiger partial charge on any atom is 0.138 e. The molecule has 58 valence electrons. The normalized spacial score (nSPS) is 18.5. The van der Waals surface area contributed by atoms with E-state index in [2.05, 4.69) is 0 Å². The second-order valence-corrected chi connectivity index (χ2v) is 2.84. The van der Waals surface area contributed by atoms with E-state index in [-0.39, 0.29) is 0 Å². The average molecular weight is 142 g/mol. The topological polar surface area (TPSA) is 26.3 Å². The van der Waals surface area contributed by atoms with Crippen LogP contribution in [0.5, 0.6) is 0 Å². The van der Waals surface area contributed by atoms with Gasteiger partial charge in [0.25, 0.3) is 0 Å². The van der Waals surface area contributed by atoms with Crippen LogP contribution in [0.2, 0.25) is 0 Å². The quantitative estimate of drug-likeness (QED) is 0.593. The van der Waals surface area contributed by atoms with Gasteiger partial charge in [-0.05, 0) is 12.8 Å². The molecule has 0 atom stereocenters. The van der Waals surface area contributed by atoms with E-state index in [0.717, 1.165) is 12.8 Å². The average Bonchev–Trinajstić information content (AvgIpc) is 1.79. The number of methoxy groups -OCH3 is 1. The summed E-state index contributed by atoms with van der Waals surface area (Å²) in [5, 5.41) is 0. The van der Waals surface area contributed by atoms with Crippen molar-refractivity contribution in [2.45, 2.75) is 25.7 Å². The highest BCUT2D eigenvalue weighted by molar-refractivity contribution is 5.81. The number of hydrogen-bond donors (Lipinski definition) is 0. The molecule has 0 saturated heterocycles. The van der Waals surface area contributed by atoms with Crippen molar-refractivity contribution in [3.63, 3.8) is 0 Å². The van der Waals surface area contributed by atoms with Crippen LogP contribution < -0.4 is 0 Å². The van der Waals surface area contributed by atoms with Gasteiger partial charge in [-0.1, -0.05) is 6.42 Å². The van der Waals surface area contributed by atoms with Gasteiger partial charge in [0.15, 0.2) is 0 Å². The Hall–Kier alpha value is -0.370. The van der Waals surface area contributed by atoms with Crippen molar-refractivity contribution in [3.8, 4) is 0 Å².